The summed E-state index contributed by atoms with van der Waals surface area (Å²) in [5.41, 5.74) is -0.862. The number of ether oxygens (including phenoxy) is 2. The van der Waals surface area contributed by atoms with Gasteiger partial charge in [-0.15, -0.1) is 0 Å². The maximum atomic E-state index is 10.4. The summed E-state index contributed by atoms with van der Waals surface area (Å²) < 4.78 is 12.2. The van der Waals surface area contributed by atoms with Crippen LogP contribution in [0.25, 0.3) is 0 Å². The second-order valence-electron chi connectivity index (χ2n) is 6.89. The molecule has 0 bridgehead atoms. The molecule has 1 saturated heterocycles. The summed E-state index contributed by atoms with van der Waals surface area (Å²) >= 11 is 0. The first kappa shape index (κ1) is 22.7. The average molecular weight is 365 g/mol. The molecule has 6 N–H and O–H groups in total. The molecule has 25 heavy (non-hydrogen) atoms. The van der Waals surface area contributed by atoms with Crippen molar-refractivity contribution < 1.29 is 35.0 Å². The van der Waals surface area contributed by atoms with Gasteiger partial charge in [0.2, 0.25) is 0 Å². The lowest BCUT2D eigenvalue weighted by Gasteiger charge is -2.49. The SMILES string of the molecule is CCC(C)(OC(CCO)C(O)CCO)C1OC(CO)CC(O)C1NC. The number of rotatable bonds is 11. The van der Waals surface area contributed by atoms with Crippen molar-refractivity contribution in [2.24, 2.45) is 0 Å². The Kier molecular flexibility index (Phi) is 9.76. The van der Waals surface area contributed by atoms with Gasteiger partial charge in [-0.3, -0.25) is 0 Å². The highest BCUT2D eigenvalue weighted by Crippen LogP contribution is 2.34. The first-order chi connectivity index (χ1) is 11.9. The molecule has 0 amide bonds. The standard InChI is InChI=1S/C17H35NO7/c1-4-17(2,25-14(6-8-20)12(22)5-7-19)16-15(18-3)13(23)9-11(10-21)24-16/h11-16,18-23H,4-10H2,1-3H3. The molecule has 1 aliphatic rings. The van der Waals surface area contributed by atoms with E-state index < -0.39 is 42.2 Å². The molecule has 1 heterocycles. The fourth-order valence-corrected chi connectivity index (χ4v) is 3.42. The van der Waals surface area contributed by atoms with Gasteiger partial charge in [-0.05, 0) is 33.2 Å². The molecule has 150 valence electrons. The molecule has 8 heteroatoms. The van der Waals surface area contributed by atoms with E-state index in [-0.39, 0.29) is 32.7 Å². The van der Waals surface area contributed by atoms with Crippen molar-refractivity contribution in [2.75, 3.05) is 26.9 Å². The largest absolute Gasteiger partial charge is 0.396 e. The molecule has 0 aromatic rings. The van der Waals surface area contributed by atoms with Gasteiger partial charge in [0.25, 0.3) is 0 Å². The Labute approximate surface area is 149 Å². The van der Waals surface area contributed by atoms with Gasteiger partial charge in [0.15, 0.2) is 0 Å². The summed E-state index contributed by atoms with van der Waals surface area (Å²) in [6, 6.07) is -0.391. The van der Waals surface area contributed by atoms with Crippen molar-refractivity contribution in [3.05, 3.63) is 0 Å². The van der Waals surface area contributed by atoms with Gasteiger partial charge < -0.3 is 40.3 Å². The average Bonchev–Trinajstić information content (AvgIpc) is 2.60. The van der Waals surface area contributed by atoms with Crippen LogP contribution in [0.1, 0.15) is 39.5 Å². The van der Waals surface area contributed by atoms with Gasteiger partial charge in [-0.25, -0.2) is 0 Å². The maximum Gasteiger partial charge on any atom is 0.104 e. The summed E-state index contributed by atoms with van der Waals surface area (Å²) in [7, 11) is 1.73. The summed E-state index contributed by atoms with van der Waals surface area (Å²) in [6.07, 6.45) is -2.10. The third-order valence-electron chi connectivity index (χ3n) is 5.11. The van der Waals surface area contributed by atoms with Crippen molar-refractivity contribution in [1.82, 2.24) is 5.32 Å². The highest BCUT2D eigenvalue weighted by atomic mass is 16.6. The highest BCUT2D eigenvalue weighted by molar-refractivity contribution is 5.00. The Bertz CT molecular complexity index is 373. The van der Waals surface area contributed by atoms with E-state index >= 15 is 0 Å². The van der Waals surface area contributed by atoms with Crippen molar-refractivity contribution >= 4 is 0 Å². The topological polar surface area (TPSA) is 132 Å². The minimum atomic E-state index is -0.918. The van der Waals surface area contributed by atoms with E-state index in [1.54, 1.807) is 7.05 Å². The molecule has 0 spiro atoms. The fraction of sp³-hybridized carbons (Fsp3) is 1.00. The van der Waals surface area contributed by atoms with Crippen molar-refractivity contribution in [3.63, 3.8) is 0 Å². The van der Waals surface area contributed by atoms with Gasteiger partial charge in [-0.1, -0.05) is 6.92 Å². The van der Waals surface area contributed by atoms with Crippen LogP contribution in [0.15, 0.2) is 0 Å². The first-order valence-electron chi connectivity index (χ1n) is 9.06. The summed E-state index contributed by atoms with van der Waals surface area (Å²) in [5, 5.41) is 51.5. The lowest BCUT2D eigenvalue weighted by molar-refractivity contribution is -0.237. The lowest BCUT2D eigenvalue weighted by Crippen LogP contribution is -2.64. The molecular weight excluding hydrogens is 330 g/mol. The molecule has 0 aromatic carbocycles. The molecule has 0 saturated carbocycles. The molecule has 8 nitrogen and oxygen atoms in total. The molecule has 0 aliphatic carbocycles. The van der Waals surface area contributed by atoms with Crippen molar-refractivity contribution in [2.45, 2.75) is 81.7 Å². The quantitative estimate of drug-likeness (QED) is 0.268. The Hall–Kier alpha value is -0.320. The summed E-state index contributed by atoms with van der Waals surface area (Å²) in [6.45, 7) is 3.22. The second-order valence-corrected chi connectivity index (χ2v) is 6.89. The molecule has 1 rings (SSSR count). The summed E-state index contributed by atoms with van der Waals surface area (Å²) in [4.78, 5) is 0. The number of aliphatic hydroxyl groups is 5. The molecule has 1 aliphatic heterocycles. The minimum Gasteiger partial charge on any atom is -0.396 e. The smallest absolute Gasteiger partial charge is 0.104 e. The number of likely N-dealkylation sites (N-methyl/N-ethyl adjacent to an activating group) is 1. The van der Waals surface area contributed by atoms with Gasteiger partial charge >= 0.3 is 0 Å². The number of hydrogen-bond donors (Lipinski definition) is 6. The predicted octanol–water partition coefficient (Wildman–Crippen LogP) is -1.24. The monoisotopic (exact) mass is 365 g/mol. The Morgan fingerprint density at radius 2 is 1.88 bits per heavy atom. The molecule has 0 radical (unpaired) electrons. The zero-order valence-corrected chi connectivity index (χ0v) is 15.5. The third-order valence-corrected chi connectivity index (χ3v) is 5.11. The van der Waals surface area contributed by atoms with Crippen LogP contribution in [0.3, 0.4) is 0 Å². The van der Waals surface area contributed by atoms with E-state index in [0.29, 0.717) is 12.8 Å². The van der Waals surface area contributed by atoms with Crippen LogP contribution in [0.4, 0.5) is 0 Å². The van der Waals surface area contributed by atoms with Crippen LogP contribution in [-0.2, 0) is 9.47 Å². The zero-order chi connectivity index (χ0) is 19.0. The maximum absolute atomic E-state index is 10.4. The molecule has 1 fully saturated rings. The normalized spacial score (nSPS) is 32.2. The van der Waals surface area contributed by atoms with Crippen LogP contribution < -0.4 is 5.32 Å². The highest BCUT2D eigenvalue weighted by Gasteiger charge is 2.48. The Morgan fingerprint density at radius 1 is 1.24 bits per heavy atom. The molecule has 7 atom stereocenters. The first-order valence-corrected chi connectivity index (χ1v) is 9.06. The van der Waals surface area contributed by atoms with E-state index in [0.717, 1.165) is 0 Å². The number of hydrogen-bond acceptors (Lipinski definition) is 8. The van der Waals surface area contributed by atoms with Crippen LogP contribution in [-0.4, -0.2) is 94.6 Å². The van der Waals surface area contributed by atoms with Gasteiger partial charge in [0.05, 0.1) is 42.7 Å². The number of nitrogens with one attached hydrogen (secondary N) is 1. The van der Waals surface area contributed by atoms with E-state index in [1.165, 1.54) is 0 Å². The van der Waals surface area contributed by atoms with Crippen LogP contribution in [0.2, 0.25) is 0 Å². The van der Waals surface area contributed by atoms with E-state index in [2.05, 4.69) is 5.32 Å². The van der Waals surface area contributed by atoms with Crippen LogP contribution in [0, 0.1) is 0 Å². The molecule has 0 aromatic heterocycles. The van der Waals surface area contributed by atoms with Gasteiger partial charge in [0.1, 0.15) is 6.10 Å². The predicted molar refractivity (Wildman–Crippen MR) is 92.2 cm³/mol. The van der Waals surface area contributed by atoms with E-state index in [4.69, 9.17) is 14.6 Å². The lowest BCUT2D eigenvalue weighted by atomic mass is 9.83. The van der Waals surface area contributed by atoms with Gasteiger partial charge in [0, 0.05) is 19.6 Å². The second kappa shape index (κ2) is 10.7. The van der Waals surface area contributed by atoms with E-state index in [1.807, 2.05) is 13.8 Å². The molecule has 7 unspecified atom stereocenters. The van der Waals surface area contributed by atoms with Crippen molar-refractivity contribution in [3.8, 4) is 0 Å². The molecular formula is C17H35NO7. The van der Waals surface area contributed by atoms with Crippen molar-refractivity contribution in [1.29, 1.82) is 0 Å². The van der Waals surface area contributed by atoms with Crippen LogP contribution >= 0.6 is 0 Å². The number of aliphatic hydroxyl groups excluding tert-OH is 5. The van der Waals surface area contributed by atoms with Gasteiger partial charge in [-0.2, -0.15) is 0 Å². The summed E-state index contributed by atoms with van der Waals surface area (Å²) in [5.74, 6) is 0. The van der Waals surface area contributed by atoms with E-state index in [9.17, 15) is 20.4 Å². The zero-order valence-electron chi connectivity index (χ0n) is 15.5. The fourth-order valence-electron chi connectivity index (χ4n) is 3.42. The Balaban J connectivity index is 3.02. The Morgan fingerprint density at radius 3 is 2.36 bits per heavy atom. The minimum absolute atomic E-state index is 0.146. The third kappa shape index (κ3) is 5.83. The van der Waals surface area contributed by atoms with Crippen LogP contribution in [0.5, 0.6) is 0 Å².